The standard InChI is InChI=1S/C24H42N8O2S4/c1-5-11-25-21(35)27-15-9-17-31(23(33)37-29-13-7-3)19-20-32(24(34)38-30-14-8-4)18-10-16-28-22(36)26-12-6-2/h5-8,29-30H,1-4,9-20H2,(H2,25,27,35)(H2,26,28,36). The lowest BCUT2D eigenvalue weighted by molar-refractivity contribution is 0.200. The van der Waals surface area contributed by atoms with Crippen molar-refractivity contribution in [2.75, 3.05) is 65.4 Å². The Bertz CT molecular complexity index is 708. The predicted octanol–water partition coefficient (Wildman–Crippen LogP) is 2.76. The summed E-state index contributed by atoms with van der Waals surface area (Å²) < 4.78 is 5.95. The van der Waals surface area contributed by atoms with Crippen LogP contribution in [0.1, 0.15) is 12.8 Å². The molecular formula is C24H42N8O2S4. The highest BCUT2D eigenvalue weighted by Gasteiger charge is 2.19. The van der Waals surface area contributed by atoms with Crippen molar-refractivity contribution in [3.8, 4) is 0 Å². The van der Waals surface area contributed by atoms with Crippen LogP contribution >= 0.6 is 48.3 Å². The molecule has 2 amide bonds. The van der Waals surface area contributed by atoms with Crippen LogP contribution < -0.4 is 30.7 Å². The van der Waals surface area contributed by atoms with E-state index < -0.39 is 0 Å². The normalized spacial score (nSPS) is 10.0. The van der Waals surface area contributed by atoms with Gasteiger partial charge in [0.05, 0.1) is 0 Å². The lowest BCUT2D eigenvalue weighted by atomic mass is 10.3. The lowest BCUT2D eigenvalue weighted by Crippen LogP contribution is -2.42. The summed E-state index contributed by atoms with van der Waals surface area (Å²) in [5.41, 5.74) is 0. The molecule has 14 heteroatoms. The van der Waals surface area contributed by atoms with E-state index in [2.05, 4.69) is 57.0 Å². The lowest BCUT2D eigenvalue weighted by Gasteiger charge is -2.28. The van der Waals surface area contributed by atoms with Gasteiger partial charge in [0.1, 0.15) is 0 Å². The Balaban J connectivity index is 5.01. The van der Waals surface area contributed by atoms with E-state index in [-0.39, 0.29) is 10.5 Å². The topological polar surface area (TPSA) is 113 Å². The maximum Gasteiger partial charge on any atom is 0.296 e. The van der Waals surface area contributed by atoms with Crippen molar-refractivity contribution in [1.29, 1.82) is 0 Å². The first kappa shape index (κ1) is 35.9. The molecule has 0 aromatic heterocycles. The van der Waals surface area contributed by atoms with E-state index in [0.29, 0.717) is 88.5 Å². The van der Waals surface area contributed by atoms with Gasteiger partial charge in [0.15, 0.2) is 10.2 Å². The van der Waals surface area contributed by atoms with Crippen LogP contribution in [0.2, 0.25) is 0 Å². The third-order valence-corrected chi connectivity index (χ3v) is 6.59. The Morgan fingerprint density at radius 3 is 1.32 bits per heavy atom. The quantitative estimate of drug-likeness (QED) is 0.0503. The third kappa shape index (κ3) is 19.9. The summed E-state index contributed by atoms with van der Waals surface area (Å²) in [5, 5.41) is 13.1. The van der Waals surface area contributed by atoms with Crippen LogP contribution in [-0.4, -0.2) is 96.0 Å². The van der Waals surface area contributed by atoms with Crippen LogP contribution in [-0.2, 0) is 0 Å². The molecule has 214 valence electrons. The number of nitrogens with zero attached hydrogens (tertiary/aromatic N) is 2. The van der Waals surface area contributed by atoms with Crippen molar-refractivity contribution in [1.82, 2.24) is 40.5 Å². The number of amides is 2. The van der Waals surface area contributed by atoms with Crippen LogP contribution in [0.3, 0.4) is 0 Å². The minimum Gasteiger partial charge on any atom is -0.363 e. The predicted molar refractivity (Wildman–Crippen MR) is 172 cm³/mol. The average molecular weight is 603 g/mol. The highest BCUT2D eigenvalue weighted by molar-refractivity contribution is 8.12. The molecule has 6 N–H and O–H groups in total. The van der Waals surface area contributed by atoms with E-state index in [1.165, 1.54) is 0 Å². The van der Waals surface area contributed by atoms with E-state index in [0.717, 1.165) is 23.9 Å². The molecule has 10 nitrogen and oxygen atoms in total. The van der Waals surface area contributed by atoms with Crippen molar-refractivity contribution >= 4 is 69.0 Å². The number of nitrogens with one attached hydrogen (secondary N) is 6. The van der Waals surface area contributed by atoms with E-state index in [4.69, 9.17) is 24.4 Å². The summed E-state index contributed by atoms with van der Waals surface area (Å²) in [6, 6.07) is 0. The molecule has 0 aromatic rings. The minimum atomic E-state index is -0.121. The van der Waals surface area contributed by atoms with Gasteiger partial charge in [0.2, 0.25) is 0 Å². The zero-order chi connectivity index (χ0) is 28.4. The van der Waals surface area contributed by atoms with Crippen LogP contribution in [0.25, 0.3) is 0 Å². The maximum absolute atomic E-state index is 12.9. The molecule has 0 aliphatic heterocycles. The zero-order valence-corrected chi connectivity index (χ0v) is 25.2. The average Bonchev–Trinajstić information content (AvgIpc) is 2.91. The van der Waals surface area contributed by atoms with Gasteiger partial charge in [-0.1, -0.05) is 24.3 Å². The Kier molecular flexibility index (Phi) is 23.8. The Labute approximate surface area is 247 Å². The van der Waals surface area contributed by atoms with Gasteiger partial charge in [-0.2, -0.15) is 0 Å². The highest BCUT2D eigenvalue weighted by Crippen LogP contribution is 2.10. The van der Waals surface area contributed by atoms with E-state index >= 15 is 0 Å². The molecule has 0 heterocycles. The fourth-order valence-electron chi connectivity index (χ4n) is 2.68. The van der Waals surface area contributed by atoms with Crippen LogP contribution in [0.5, 0.6) is 0 Å². The minimum absolute atomic E-state index is 0.121. The van der Waals surface area contributed by atoms with E-state index in [9.17, 15) is 9.59 Å². The second-order valence-corrected chi connectivity index (χ2v) is 10.0. The molecule has 0 atom stereocenters. The number of carbonyl (C=O) groups excluding carboxylic acids is 2. The number of carbonyl (C=O) groups is 2. The number of thiocarbonyl (C=S) groups is 2. The first-order valence-corrected chi connectivity index (χ1v) is 14.7. The summed E-state index contributed by atoms with van der Waals surface area (Å²) in [7, 11) is 0. The number of hydrogen-bond donors (Lipinski definition) is 6. The zero-order valence-electron chi connectivity index (χ0n) is 22.0. The van der Waals surface area contributed by atoms with Gasteiger partial charge in [0.25, 0.3) is 10.5 Å². The summed E-state index contributed by atoms with van der Waals surface area (Å²) in [6.07, 6.45) is 8.20. The van der Waals surface area contributed by atoms with Gasteiger partial charge in [-0.15, -0.1) is 26.3 Å². The molecule has 0 saturated heterocycles. The highest BCUT2D eigenvalue weighted by atomic mass is 32.2. The fourth-order valence-corrected chi connectivity index (χ4v) is 4.33. The number of rotatable bonds is 21. The SMILES string of the molecule is C=CCNSC(=O)N(CCCNC(=S)NCC=C)CCN(CCCNC(=S)NCC=C)C(=O)SNCC=C. The molecule has 0 aliphatic carbocycles. The Hall–Kier alpha value is -2.10. The second kappa shape index (κ2) is 25.2. The van der Waals surface area contributed by atoms with Crippen molar-refractivity contribution < 1.29 is 9.59 Å². The molecule has 0 unspecified atom stereocenters. The summed E-state index contributed by atoms with van der Waals surface area (Å²) in [6.45, 7) is 19.8. The molecular weight excluding hydrogens is 561 g/mol. The summed E-state index contributed by atoms with van der Waals surface area (Å²) in [4.78, 5) is 29.2. The maximum atomic E-state index is 12.9. The molecule has 0 fully saturated rings. The van der Waals surface area contributed by atoms with Gasteiger partial charge in [-0.3, -0.25) is 19.0 Å². The fraction of sp³-hybridized carbons (Fsp3) is 0.500. The molecule has 0 spiro atoms. The first-order valence-electron chi connectivity index (χ1n) is 12.2. The van der Waals surface area contributed by atoms with Gasteiger partial charge < -0.3 is 31.1 Å². The van der Waals surface area contributed by atoms with Gasteiger partial charge in [-0.05, 0) is 37.3 Å². The van der Waals surface area contributed by atoms with Crippen LogP contribution in [0.15, 0.2) is 50.6 Å². The molecule has 0 rings (SSSR count). The van der Waals surface area contributed by atoms with Crippen LogP contribution in [0, 0.1) is 0 Å². The molecule has 38 heavy (non-hydrogen) atoms. The first-order chi connectivity index (χ1) is 18.4. The Morgan fingerprint density at radius 2 is 0.974 bits per heavy atom. The van der Waals surface area contributed by atoms with E-state index in [1.54, 1.807) is 34.1 Å². The summed E-state index contributed by atoms with van der Waals surface area (Å²) in [5.74, 6) is 0. The monoisotopic (exact) mass is 602 g/mol. The van der Waals surface area contributed by atoms with Crippen LogP contribution in [0.4, 0.5) is 9.59 Å². The van der Waals surface area contributed by atoms with Crippen molar-refractivity contribution in [2.24, 2.45) is 0 Å². The molecule has 0 aliphatic rings. The molecule has 0 saturated carbocycles. The van der Waals surface area contributed by atoms with Gasteiger partial charge in [-0.25, -0.2) is 0 Å². The van der Waals surface area contributed by atoms with Crippen molar-refractivity contribution in [3.05, 3.63) is 50.6 Å². The largest absolute Gasteiger partial charge is 0.363 e. The number of hydrogen-bond acceptors (Lipinski definition) is 8. The third-order valence-electron chi connectivity index (χ3n) is 4.53. The van der Waals surface area contributed by atoms with E-state index in [1.807, 2.05) is 0 Å². The molecule has 0 aromatic carbocycles. The van der Waals surface area contributed by atoms with Crippen molar-refractivity contribution in [2.45, 2.75) is 12.8 Å². The second-order valence-electron chi connectivity index (χ2n) is 7.54. The van der Waals surface area contributed by atoms with Gasteiger partial charge >= 0.3 is 0 Å². The van der Waals surface area contributed by atoms with Crippen molar-refractivity contribution in [3.63, 3.8) is 0 Å². The van der Waals surface area contributed by atoms with Gasteiger partial charge in [0, 0.05) is 89.3 Å². The smallest absolute Gasteiger partial charge is 0.296 e. The Morgan fingerprint density at radius 1 is 0.605 bits per heavy atom. The molecule has 0 radical (unpaired) electrons. The molecule has 0 bridgehead atoms. The summed E-state index contributed by atoms with van der Waals surface area (Å²) >= 11 is 12.5.